The van der Waals surface area contributed by atoms with Gasteiger partial charge in [-0.2, -0.15) is 0 Å². The highest BCUT2D eigenvalue weighted by molar-refractivity contribution is 5.90. The van der Waals surface area contributed by atoms with Crippen molar-refractivity contribution < 1.29 is 19.7 Å². The summed E-state index contributed by atoms with van der Waals surface area (Å²) in [7, 11) is 0. The third-order valence-electron chi connectivity index (χ3n) is 4.41. The fourth-order valence-corrected chi connectivity index (χ4v) is 2.98. The maximum absolute atomic E-state index is 11.0. The number of aryl methyl sites for hydroxylation is 2. The maximum atomic E-state index is 11.0. The normalized spacial score (nSPS) is 10.5. The first-order valence-corrected chi connectivity index (χ1v) is 8.93. The fraction of sp³-hybridized carbons (Fsp3) is 0.174. The van der Waals surface area contributed by atoms with E-state index in [0.29, 0.717) is 6.61 Å². The Hall–Kier alpha value is -3.27. The summed E-state index contributed by atoms with van der Waals surface area (Å²) in [6.45, 7) is 0.530. The highest BCUT2D eigenvalue weighted by Crippen LogP contribution is 2.23. The lowest BCUT2D eigenvalue weighted by atomic mass is 10.0. The summed E-state index contributed by atoms with van der Waals surface area (Å²) in [6.07, 6.45) is 2.46. The van der Waals surface area contributed by atoms with Crippen LogP contribution in [0.3, 0.4) is 0 Å². The van der Waals surface area contributed by atoms with Crippen molar-refractivity contribution in [2.24, 2.45) is 0 Å². The van der Waals surface area contributed by atoms with Crippen LogP contribution in [-0.4, -0.2) is 16.2 Å². The van der Waals surface area contributed by atoms with E-state index in [9.17, 15) is 9.90 Å². The first-order valence-electron chi connectivity index (χ1n) is 8.93. The highest BCUT2D eigenvalue weighted by atomic mass is 16.5. The van der Waals surface area contributed by atoms with Crippen LogP contribution in [-0.2, 0) is 19.4 Å². The van der Waals surface area contributed by atoms with Crippen molar-refractivity contribution in [2.45, 2.75) is 25.9 Å². The summed E-state index contributed by atoms with van der Waals surface area (Å²) in [5.41, 5.74) is 3.11. The molecule has 0 bridgehead atoms. The average molecular weight is 362 g/mol. The Kier molecular flexibility index (Phi) is 6.10. The van der Waals surface area contributed by atoms with Gasteiger partial charge in [-0.05, 0) is 54.2 Å². The Labute approximate surface area is 158 Å². The van der Waals surface area contributed by atoms with Gasteiger partial charge in [0, 0.05) is 0 Å². The summed E-state index contributed by atoms with van der Waals surface area (Å²) in [4.78, 5) is 11.0. The minimum absolute atomic E-state index is 0.0709. The molecule has 2 N–H and O–H groups in total. The second kappa shape index (κ2) is 8.90. The molecule has 0 spiro atoms. The van der Waals surface area contributed by atoms with E-state index in [-0.39, 0.29) is 11.3 Å². The molecule has 0 aliphatic carbocycles. The van der Waals surface area contributed by atoms with Gasteiger partial charge in [-0.1, -0.05) is 54.6 Å². The minimum Gasteiger partial charge on any atom is -0.507 e. The van der Waals surface area contributed by atoms with Gasteiger partial charge in [-0.25, -0.2) is 4.79 Å². The number of hydrogen-bond donors (Lipinski definition) is 2. The molecule has 0 aromatic heterocycles. The van der Waals surface area contributed by atoms with Crippen molar-refractivity contribution >= 4 is 5.97 Å². The molecule has 0 saturated carbocycles. The Morgan fingerprint density at radius 1 is 0.852 bits per heavy atom. The van der Waals surface area contributed by atoms with Gasteiger partial charge in [0.25, 0.3) is 0 Å². The Morgan fingerprint density at radius 2 is 1.59 bits per heavy atom. The van der Waals surface area contributed by atoms with Gasteiger partial charge in [0.2, 0.25) is 0 Å². The number of rotatable bonds is 8. The van der Waals surface area contributed by atoms with Gasteiger partial charge in [0.1, 0.15) is 23.7 Å². The summed E-state index contributed by atoms with van der Waals surface area (Å²) in [6, 6.07) is 22.8. The van der Waals surface area contributed by atoms with Crippen LogP contribution in [0.25, 0.3) is 0 Å². The molecular formula is C23H22O4. The van der Waals surface area contributed by atoms with Crippen molar-refractivity contribution in [2.75, 3.05) is 0 Å². The van der Waals surface area contributed by atoms with Crippen LogP contribution < -0.4 is 4.74 Å². The topological polar surface area (TPSA) is 66.8 Å². The van der Waals surface area contributed by atoms with Crippen LogP contribution in [0.15, 0.2) is 72.8 Å². The highest BCUT2D eigenvalue weighted by Gasteiger charge is 2.10. The van der Waals surface area contributed by atoms with E-state index in [1.54, 1.807) is 6.07 Å². The van der Waals surface area contributed by atoms with E-state index in [1.165, 1.54) is 12.1 Å². The molecule has 0 aliphatic heterocycles. The van der Waals surface area contributed by atoms with Crippen LogP contribution in [0.4, 0.5) is 0 Å². The number of aromatic hydroxyl groups is 1. The van der Waals surface area contributed by atoms with Gasteiger partial charge < -0.3 is 14.9 Å². The molecule has 0 fully saturated rings. The largest absolute Gasteiger partial charge is 0.507 e. The SMILES string of the molecule is O=C(O)c1ccc(CCCc2ccccc2OCc2ccccc2)cc1O. The molecule has 4 nitrogen and oxygen atoms in total. The van der Waals surface area contributed by atoms with E-state index >= 15 is 0 Å². The number of carboxylic acids is 1. The third-order valence-corrected chi connectivity index (χ3v) is 4.41. The van der Waals surface area contributed by atoms with Crippen molar-refractivity contribution in [3.63, 3.8) is 0 Å². The van der Waals surface area contributed by atoms with Crippen LogP contribution >= 0.6 is 0 Å². The zero-order valence-corrected chi connectivity index (χ0v) is 15.0. The molecule has 4 heteroatoms. The van der Waals surface area contributed by atoms with Gasteiger partial charge in [-0.15, -0.1) is 0 Å². The standard InChI is InChI=1S/C23H22O4/c24-21-15-17(13-14-20(21)23(25)26)9-6-11-19-10-4-5-12-22(19)27-16-18-7-2-1-3-8-18/h1-5,7-8,10,12-15,24H,6,9,11,16H2,(H,25,26). The van der Waals surface area contributed by atoms with Crippen molar-refractivity contribution in [3.8, 4) is 11.5 Å². The maximum Gasteiger partial charge on any atom is 0.339 e. The van der Waals surface area contributed by atoms with Crippen LogP contribution in [0.5, 0.6) is 11.5 Å². The number of benzene rings is 3. The number of carboxylic acid groups (broad SMARTS) is 1. The smallest absolute Gasteiger partial charge is 0.339 e. The zero-order chi connectivity index (χ0) is 19.1. The zero-order valence-electron chi connectivity index (χ0n) is 15.0. The first kappa shape index (κ1) is 18.5. The second-order valence-electron chi connectivity index (χ2n) is 6.39. The number of phenols is 1. The molecule has 27 heavy (non-hydrogen) atoms. The van der Waals surface area contributed by atoms with E-state index in [4.69, 9.17) is 9.84 Å². The molecule has 0 aliphatic rings. The predicted octanol–water partition coefficient (Wildman–Crippen LogP) is 4.84. The van der Waals surface area contributed by atoms with Crippen molar-refractivity contribution in [1.29, 1.82) is 0 Å². The van der Waals surface area contributed by atoms with Crippen LogP contribution in [0, 0.1) is 0 Å². The first-order chi connectivity index (χ1) is 13.1. The number of aromatic carboxylic acids is 1. The second-order valence-corrected chi connectivity index (χ2v) is 6.39. The molecule has 138 valence electrons. The van der Waals surface area contributed by atoms with E-state index in [2.05, 4.69) is 6.07 Å². The van der Waals surface area contributed by atoms with Crippen LogP contribution in [0.2, 0.25) is 0 Å². The lowest BCUT2D eigenvalue weighted by molar-refractivity contribution is 0.0693. The van der Waals surface area contributed by atoms with Gasteiger partial charge in [0.05, 0.1) is 0 Å². The molecule has 3 aromatic rings. The molecule has 0 unspecified atom stereocenters. The van der Waals surface area contributed by atoms with Crippen molar-refractivity contribution in [1.82, 2.24) is 0 Å². The van der Waals surface area contributed by atoms with Gasteiger partial charge >= 0.3 is 5.97 Å². The lowest BCUT2D eigenvalue weighted by Crippen LogP contribution is -2.00. The molecule has 3 aromatic carbocycles. The molecule has 3 rings (SSSR count). The minimum atomic E-state index is -1.12. The molecule has 0 radical (unpaired) electrons. The molecule has 0 heterocycles. The van der Waals surface area contributed by atoms with E-state index in [0.717, 1.165) is 41.7 Å². The Balaban J connectivity index is 1.58. The summed E-state index contributed by atoms with van der Waals surface area (Å²) in [5.74, 6) is -0.430. The average Bonchev–Trinajstić information content (AvgIpc) is 2.68. The molecule has 0 amide bonds. The van der Waals surface area contributed by atoms with Crippen molar-refractivity contribution in [3.05, 3.63) is 95.1 Å². The number of hydrogen-bond acceptors (Lipinski definition) is 3. The van der Waals surface area contributed by atoms with Gasteiger partial charge in [-0.3, -0.25) is 0 Å². The quantitative estimate of drug-likeness (QED) is 0.601. The summed E-state index contributed by atoms with van der Waals surface area (Å²) < 4.78 is 5.98. The summed E-state index contributed by atoms with van der Waals surface area (Å²) >= 11 is 0. The summed E-state index contributed by atoms with van der Waals surface area (Å²) in [5, 5.41) is 18.8. The Bertz CT molecular complexity index is 903. The van der Waals surface area contributed by atoms with Crippen LogP contribution in [0.1, 0.15) is 33.5 Å². The molecular weight excluding hydrogens is 340 g/mol. The lowest BCUT2D eigenvalue weighted by Gasteiger charge is -2.12. The van der Waals surface area contributed by atoms with Gasteiger partial charge in [0.15, 0.2) is 0 Å². The fourth-order valence-electron chi connectivity index (χ4n) is 2.98. The third kappa shape index (κ3) is 5.11. The molecule has 0 saturated heterocycles. The monoisotopic (exact) mass is 362 g/mol. The number of para-hydroxylation sites is 1. The predicted molar refractivity (Wildman–Crippen MR) is 104 cm³/mol. The number of carbonyl (C=O) groups is 1. The number of ether oxygens (including phenoxy) is 1. The molecule has 0 atom stereocenters. The Morgan fingerprint density at radius 3 is 2.33 bits per heavy atom. The van der Waals surface area contributed by atoms with E-state index in [1.807, 2.05) is 48.5 Å². The van der Waals surface area contributed by atoms with E-state index < -0.39 is 5.97 Å².